The second-order valence-electron chi connectivity index (χ2n) is 3.73. The van der Waals surface area contributed by atoms with E-state index in [1.54, 1.807) is 0 Å². The summed E-state index contributed by atoms with van der Waals surface area (Å²) in [6.07, 6.45) is -4.72. The molecular formula is C13H8F3O2S. The maximum Gasteiger partial charge on any atom is 0.417 e. The zero-order valence-corrected chi connectivity index (χ0v) is 10.3. The van der Waals surface area contributed by atoms with Crippen LogP contribution < -0.4 is 0 Å². The van der Waals surface area contributed by atoms with E-state index in [1.165, 1.54) is 30.3 Å². The van der Waals surface area contributed by atoms with Crippen molar-refractivity contribution in [1.29, 1.82) is 0 Å². The first kappa shape index (κ1) is 13.6. The van der Waals surface area contributed by atoms with Gasteiger partial charge in [-0.25, -0.2) is 8.42 Å². The Labute approximate surface area is 108 Å². The first-order valence-corrected chi connectivity index (χ1v) is 6.69. The Bertz CT molecular complexity index is 677. The summed E-state index contributed by atoms with van der Waals surface area (Å²) in [6.45, 7) is 0. The number of sulfone groups is 1. The van der Waals surface area contributed by atoms with Crippen LogP contribution in [0, 0.1) is 6.07 Å². The molecule has 0 aliphatic rings. The Morgan fingerprint density at radius 1 is 0.947 bits per heavy atom. The van der Waals surface area contributed by atoms with Crippen LogP contribution >= 0.6 is 0 Å². The van der Waals surface area contributed by atoms with E-state index in [4.69, 9.17) is 0 Å². The van der Waals surface area contributed by atoms with Crippen LogP contribution in [0.15, 0.2) is 58.3 Å². The maximum atomic E-state index is 12.8. The number of benzene rings is 2. The lowest BCUT2D eigenvalue weighted by Crippen LogP contribution is -2.13. The van der Waals surface area contributed by atoms with Gasteiger partial charge in [-0.1, -0.05) is 24.3 Å². The lowest BCUT2D eigenvalue weighted by molar-refractivity contribution is -0.139. The van der Waals surface area contributed by atoms with E-state index in [2.05, 4.69) is 6.07 Å². The first-order valence-electron chi connectivity index (χ1n) is 5.21. The molecule has 2 aromatic carbocycles. The number of rotatable bonds is 2. The molecular weight excluding hydrogens is 277 g/mol. The summed E-state index contributed by atoms with van der Waals surface area (Å²) in [5, 5.41) is 0. The molecule has 1 radical (unpaired) electrons. The molecule has 0 amide bonds. The van der Waals surface area contributed by atoms with Gasteiger partial charge in [0.1, 0.15) is 0 Å². The zero-order chi connectivity index (χ0) is 14.1. The number of alkyl halides is 3. The summed E-state index contributed by atoms with van der Waals surface area (Å²) >= 11 is 0. The summed E-state index contributed by atoms with van der Waals surface area (Å²) in [5.74, 6) is 0. The summed E-state index contributed by atoms with van der Waals surface area (Å²) < 4.78 is 62.8. The Balaban J connectivity index is 2.67. The smallest absolute Gasteiger partial charge is 0.218 e. The molecule has 0 aliphatic heterocycles. The minimum absolute atomic E-state index is 0.192. The van der Waals surface area contributed by atoms with Crippen molar-refractivity contribution in [2.45, 2.75) is 16.0 Å². The topological polar surface area (TPSA) is 34.1 Å². The number of halogens is 3. The highest BCUT2D eigenvalue weighted by atomic mass is 32.2. The Hall–Kier alpha value is -1.82. The average Bonchev–Trinajstić information content (AvgIpc) is 2.39. The number of hydrogen-bond acceptors (Lipinski definition) is 2. The van der Waals surface area contributed by atoms with Crippen LogP contribution in [-0.2, 0) is 16.0 Å². The fourth-order valence-corrected chi connectivity index (χ4v) is 3.09. The fraction of sp³-hybridized carbons (Fsp3) is 0.0769. The molecule has 2 nitrogen and oxygen atoms in total. The monoisotopic (exact) mass is 285 g/mol. The van der Waals surface area contributed by atoms with Crippen molar-refractivity contribution in [3.05, 3.63) is 60.2 Å². The second-order valence-corrected chi connectivity index (χ2v) is 5.65. The molecule has 6 heteroatoms. The van der Waals surface area contributed by atoms with Gasteiger partial charge in [-0.2, -0.15) is 13.2 Å². The van der Waals surface area contributed by atoms with Crippen LogP contribution in [0.3, 0.4) is 0 Å². The predicted octanol–water partition coefficient (Wildman–Crippen LogP) is 3.34. The van der Waals surface area contributed by atoms with E-state index < -0.39 is 26.5 Å². The van der Waals surface area contributed by atoms with Gasteiger partial charge in [-0.05, 0) is 30.3 Å². The van der Waals surface area contributed by atoms with Gasteiger partial charge >= 0.3 is 6.18 Å². The molecule has 0 fully saturated rings. The molecule has 0 unspecified atom stereocenters. The molecule has 2 rings (SSSR count). The Morgan fingerprint density at radius 3 is 2.11 bits per heavy atom. The van der Waals surface area contributed by atoms with Crippen LogP contribution in [0.2, 0.25) is 0 Å². The van der Waals surface area contributed by atoms with Gasteiger partial charge in [-0.3, -0.25) is 0 Å². The van der Waals surface area contributed by atoms with Crippen LogP contribution in [0.5, 0.6) is 0 Å². The van der Waals surface area contributed by atoms with Crippen molar-refractivity contribution in [1.82, 2.24) is 0 Å². The van der Waals surface area contributed by atoms with Crippen LogP contribution in [0.1, 0.15) is 5.56 Å². The summed E-state index contributed by atoms with van der Waals surface area (Å²) in [4.78, 5) is -0.934. The Morgan fingerprint density at radius 2 is 1.53 bits per heavy atom. The summed E-state index contributed by atoms with van der Waals surface area (Å²) in [5.41, 5.74) is -1.16. The lowest BCUT2D eigenvalue weighted by atomic mass is 10.2. The van der Waals surface area contributed by atoms with Crippen molar-refractivity contribution in [3.8, 4) is 0 Å². The third kappa shape index (κ3) is 2.63. The molecule has 0 heterocycles. The van der Waals surface area contributed by atoms with Crippen molar-refractivity contribution >= 4 is 9.84 Å². The average molecular weight is 285 g/mol. The molecule has 0 saturated heterocycles. The largest absolute Gasteiger partial charge is 0.417 e. The number of hydrogen-bond donors (Lipinski definition) is 0. The van der Waals surface area contributed by atoms with Gasteiger partial charge in [0.25, 0.3) is 0 Å². The maximum absolute atomic E-state index is 12.8. The van der Waals surface area contributed by atoms with Gasteiger partial charge in [0.2, 0.25) is 9.84 Å². The van der Waals surface area contributed by atoms with Gasteiger partial charge in [0.05, 0.1) is 15.4 Å². The third-order valence-corrected chi connectivity index (χ3v) is 4.31. The SMILES string of the molecule is O=S(=O)(c1cc[c]cc1)c1ccccc1C(F)(F)F. The van der Waals surface area contributed by atoms with Crippen LogP contribution in [0.25, 0.3) is 0 Å². The van der Waals surface area contributed by atoms with Gasteiger partial charge < -0.3 is 0 Å². The van der Waals surface area contributed by atoms with E-state index in [-0.39, 0.29) is 4.90 Å². The molecule has 0 bridgehead atoms. The van der Waals surface area contributed by atoms with E-state index in [9.17, 15) is 21.6 Å². The van der Waals surface area contributed by atoms with Crippen LogP contribution in [-0.4, -0.2) is 8.42 Å². The van der Waals surface area contributed by atoms with Crippen LogP contribution in [0.4, 0.5) is 13.2 Å². The molecule has 99 valence electrons. The van der Waals surface area contributed by atoms with Crippen molar-refractivity contribution in [3.63, 3.8) is 0 Å². The minimum atomic E-state index is -4.72. The normalized spacial score (nSPS) is 12.4. The third-order valence-electron chi connectivity index (χ3n) is 2.48. The van der Waals surface area contributed by atoms with E-state index >= 15 is 0 Å². The van der Waals surface area contributed by atoms with E-state index in [0.29, 0.717) is 0 Å². The van der Waals surface area contributed by atoms with E-state index in [1.807, 2.05) is 0 Å². The quantitative estimate of drug-likeness (QED) is 0.848. The molecule has 0 spiro atoms. The highest BCUT2D eigenvalue weighted by Gasteiger charge is 2.37. The fourth-order valence-electron chi connectivity index (χ4n) is 1.61. The summed E-state index contributed by atoms with van der Waals surface area (Å²) in [7, 11) is -4.19. The van der Waals surface area contributed by atoms with Crippen molar-refractivity contribution in [2.24, 2.45) is 0 Å². The lowest BCUT2D eigenvalue weighted by Gasteiger charge is -2.12. The van der Waals surface area contributed by atoms with E-state index in [0.717, 1.165) is 18.2 Å². The highest BCUT2D eigenvalue weighted by molar-refractivity contribution is 7.91. The molecule has 2 aromatic rings. The van der Waals surface area contributed by atoms with Gasteiger partial charge in [0.15, 0.2) is 0 Å². The molecule has 0 atom stereocenters. The standard InChI is InChI=1S/C13H8F3O2S/c14-13(15,16)11-8-4-5-9-12(11)19(17,18)10-6-2-1-3-7-10/h2-9H. The zero-order valence-electron chi connectivity index (χ0n) is 9.48. The van der Waals surface area contributed by atoms with Gasteiger partial charge in [-0.15, -0.1) is 0 Å². The minimum Gasteiger partial charge on any atom is -0.218 e. The second kappa shape index (κ2) is 4.70. The summed E-state index contributed by atoms with van der Waals surface area (Å²) in [6, 6.07) is 11.8. The van der Waals surface area contributed by atoms with Crippen molar-refractivity contribution in [2.75, 3.05) is 0 Å². The molecule has 0 aliphatic carbocycles. The first-order chi connectivity index (χ1) is 8.83. The molecule has 0 saturated carbocycles. The Kier molecular flexibility index (Phi) is 3.36. The highest BCUT2D eigenvalue weighted by Crippen LogP contribution is 2.36. The molecule has 0 aromatic heterocycles. The van der Waals surface area contributed by atoms with Crippen molar-refractivity contribution < 1.29 is 21.6 Å². The predicted molar refractivity (Wildman–Crippen MR) is 62.2 cm³/mol. The molecule has 0 N–H and O–H groups in total. The van der Waals surface area contributed by atoms with Gasteiger partial charge in [0, 0.05) is 0 Å². The molecule has 19 heavy (non-hydrogen) atoms.